The Morgan fingerprint density at radius 2 is 2.00 bits per heavy atom. The summed E-state index contributed by atoms with van der Waals surface area (Å²) in [6.45, 7) is 2.03. The second kappa shape index (κ2) is 4.54. The average molecular weight is 248 g/mol. The molecule has 0 bridgehead atoms. The molecule has 3 aromatic heterocycles. The summed E-state index contributed by atoms with van der Waals surface area (Å²) in [5, 5.41) is 9.03. The number of hydrogen-bond donors (Lipinski definition) is 0. The smallest absolute Gasteiger partial charge is 0.137 e. The molecular formula is C15H12N4. The van der Waals surface area contributed by atoms with E-state index < -0.39 is 0 Å². The van der Waals surface area contributed by atoms with Gasteiger partial charge in [-0.15, -0.1) is 0 Å². The number of aromatic nitrogens is 3. The van der Waals surface area contributed by atoms with Crippen molar-refractivity contribution >= 4 is 5.65 Å². The zero-order valence-electron chi connectivity index (χ0n) is 10.5. The number of pyridine rings is 2. The van der Waals surface area contributed by atoms with Crippen LogP contribution >= 0.6 is 0 Å². The second-order valence-corrected chi connectivity index (χ2v) is 4.41. The van der Waals surface area contributed by atoms with Gasteiger partial charge in [0.05, 0.1) is 23.9 Å². The minimum absolute atomic E-state index is 0.336. The monoisotopic (exact) mass is 248 g/mol. The van der Waals surface area contributed by atoms with Crippen LogP contribution in [0.15, 0.2) is 42.9 Å². The molecule has 0 amide bonds. The summed E-state index contributed by atoms with van der Waals surface area (Å²) in [6, 6.07) is 10.0. The molecule has 0 radical (unpaired) electrons. The lowest BCUT2D eigenvalue weighted by molar-refractivity contribution is 1.04. The Balaban J connectivity index is 2.30. The van der Waals surface area contributed by atoms with E-state index in [9.17, 15) is 0 Å². The molecule has 4 nitrogen and oxygen atoms in total. The summed E-state index contributed by atoms with van der Waals surface area (Å²) >= 11 is 0. The van der Waals surface area contributed by atoms with E-state index in [1.165, 1.54) is 0 Å². The van der Waals surface area contributed by atoms with Crippen LogP contribution in [0.2, 0.25) is 0 Å². The third-order valence-electron chi connectivity index (χ3n) is 3.07. The molecule has 3 rings (SSSR count). The molecule has 3 aromatic rings. The van der Waals surface area contributed by atoms with Gasteiger partial charge in [0.2, 0.25) is 0 Å². The summed E-state index contributed by atoms with van der Waals surface area (Å²) in [5.74, 6) is 0. The summed E-state index contributed by atoms with van der Waals surface area (Å²) < 4.78 is 1.99. The van der Waals surface area contributed by atoms with Crippen LogP contribution in [0.25, 0.3) is 16.9 Å². The van der Waals surface area contributed by atoms with Crippen molar-refractivity contribution in [3.05, 3.63) is 54.1 Å². The molecule has 3 heterocycles. The zero-order chi connectivity index (χ0) is 13.2. The van der Waals surface area contributed by atoms with E-state index in [0.717, 1.165) is 28.2 Å². The Morgan fingerprint density at radius 1 is 1.21 bits per heavy atom. The van der Waals surface area contributed by atoms with E-state index in [2.05, 4.69) is 16.0 Å². The van der Waals surface area contributed by atoms with Gasteiger partial charge >= 0.3 is 0 Å². The maximum atomic E-state index is 9.03. The van der Waals surface area contributed by atoms with Crippen LogP contribution in [0.5, 0.6) is 0 Å². The molecule has 0 atom stereocenters. The van der Waals surface area contributed by atoms with Crippen LogP contribution in [0, 0.1) is 18.3 Å². The largest absolute Gasteiger partial charge is 0.302 e. The fraction of sp³-hybridized carbons (Fsp3) is 0.133. The molecule has 19 heavy (non-hydrogen) atoms. The molecular weight excluding hydrogens is 236 g/mol. The van der Waals surface area contributed by atoms with Crippen LogP contribution in [-0.2, 0) is 6.42 Å². The van der Waals surface area contributed by atoms with Gasteiger partial charge in [0.25, 0.3) is 0 Å². The van der Waals surface area contributed by atoms with Crippen molar-refractivity contribution < 1.29 is 0 Å². The predicted octanol–water partition coefficient (Wildman–Crippen LogP) is 2.77. The van der Waals surface area contributed by atoms with E-state index in [1.807, 2.05) is 41.8 Å². The van der Waals surface area contributed by atoms with Gasteiger partial charge in [0, 0.05) is 24.2 Å². The summed E-state index contributed by atoms with van der Waals surface area (Å²) in [4.78, 5) is 8.64. The van der Waals surface area contributed by atoms with Crippen LogP contribution in [0.1, 0.15) is 11.3 Å². The van der Waals surface area contributed by atoms with Crippen molar-refractivity contribution in [2.75, 3.05) is 0 Å². The molecule has 0 fully saturated rings. The first-order valence-electron chi connectivity index (χ1n) is 6.04. The number of nitriles is 1. The van der Waals surface area contributed by atoms with E-state index in [1.54, 1.807) is 12.4 Å². The average Bonchev–Trinajstić information content (AvgIpc) is 2.79. The maximum absolute atomic E-state index is 9.03. The molecule has 0 spiro atoms. The van der Waals surface area contributed by atoms with E-state index >= 15 is 0 Å². The SMILES string of the molecule is Cc1ccc2nc(-c3ccncc3)c(CC#N)n2c1. The number of fused-ring (bicyclic) bond motifs is 1. The highest BCUT2D eigenvalue weighted by Crippen LogP contribution is 2.24. The van der Waals surface area contributed by atoms with Gasteiger partial charge in [0.1, 0.15) is 5.65 Å². The van der Waals surface area contributed by atoms with Gasteiger partial charge in [0.15, 0.2) is 0 Å². The topological polar surface area (TPSA) is 54.0 Å². The fourth-order valence-corrected chi connectivity index (χ4v) is 2.18. The molecule has 0 saturated carbocycles. The first-order valence-corrected chi connectivity index (χ1v) is 6.04. The van der Waals surface area contributed by atoms with E-state index in [0.29, 0.717) is 6.42 Å². The number of hydrogen-bond acceptors (Lipinski definition) is 3. The Hall–Kier alpha value is -2.67. The highest BCUT2D eigenvalue weighted by Gasteiger charge is 2.13. The lowest BCUT2D eigenvalue weighted by Gasteiger charge is -2.01. The van der Waals surface area contributed by atoms with Gasteiger partial charge in [-0.05, 0) is 30.7 Å². The van der Waals surface area contributed by atoms with Crippen molar-refractivity contribution in [1.82, 2.24) is 14.4 Å². The van der Waals surface area contributed by atoms with Gasteiger partial charge in [-0.1, -0.05) is 6.07 Å². The van der Waals surface area contributed by atoms with Gasteiger partial charge < -0.3 is 4.40 Å². The van der Waals surface area contributed by atoms with Crippen molar-refractivity contribution in [1.29, 1.82) is 5.26 Å². The Labute approximate surface area is 111 Å². The summed E-state index contributed by atoms with van der Waals surface area (Å²) in [7, 11) is 0. The number of imidazole rings is 1. The number of rotatable bonds is 2. The first kappa shape index (κ1) is 11.4. The van der Waals surface area contributed by atoms with Crippen molar-refractivity contribution in [3.63, 3.8) is 0 Å². The van der Waals surface area contributed by atoms with Crippen molar-refractivity contribution in [2.24, 2.45) is 0 Å². The zero-order valence-corrected chi connectivity index (χ0v) is 10.5. The molecule has 0 saturated heterocycles. The van der Waals surface area contributed by atoms with E-state index in [4.69, 9.17) is 5.26 Å². The normalized spacial score (nSPS) is 10.5. The van der Waals surface area contributed by atoms with E-state index in [-0.39, 0.29) is 0 Å². The van der Waals surface area contributed by atoms with Crippen LogP contribution < -0.4 is 0 Å². The van der Waals surface area contributed by atoms with Gasteiger partial charge in [-0.3, -0.25) is 4.98 Å². The molecule has 92 valence electrons. The predicted molar refractivity (Wildman–Crippen MR) is 72.5 cm³/mol. The first-order chi connectivity index (χ1) is 9.29. The van der Waals surface area contributed by atoms with Crippen molar-refractivity contribution in [3.8, 4) is 17.3 Å². The Bertz CT molecular complexity index is 766. The Kier molecular flexibility index (Phi) is 2.73. The standard InChI is InChI=1S/C15H12N4/c1-11-2-3-14-18-15(12-5-8-17-9-6-12)13(4-7-16)19(14)10-11/h2-3,5-6,8-10H,4H2,1H3. The van der Waals surface area contributed by atoms with Crippen LogP contribution in [0.3, 0.4) is 0 Å². The lowest BCUT2D eigenvalue weighted by atomic mass is 10.1. The van der Waals surface area contributed by atoms with Crippen molar-refractivity contribution in [2.45, 2.75) is 13.3 Å². The van der Waals surface area contributed by atoms with Gasteiger partial charge in [-0.2, -0.15) is 5.26 Å². The number of aryl methyl sites for hydroxylation is 1. The molecule has 0 aliphatic rings. The third-order valence-corrected chi connectivity index (χ3v) is 3.07. The molecule has 0 N–H and O–H groups in total. The van der Waals surface area contributed by atoms with Gasteiger partial charge in [-0.25, -0.2) is 4.98 Å². The quantitative estimate of drug-likeness (QED) is 0.700. The molecule has 0 aromatic carbocycles. The molecule has 4 heteroatoms. The third kappa shape index (κ3) is 1.95. The molecule has 0 aliphatic heterocycles. The second-order valence-electron chi connectivity index (χ2n) is 4.41. The minimum atomic E-state index is 0.336. The summed E-state index contributed by atoms with van der Waals surface area (Å²) in [6.07, 6.45) is 5.82. The lowest BCUT2D eigenvalue weighted by Crippen LogP contribution is -1.94. The fourth-order valence-electron chi connectivity index (χ4n) is 2.18. The number of nitrogens with zero attached hydrogens (tertiary/aromatic N) is 4. The van der Waals surface area contributed by atoms with Crippen LogP contribution in [0.4, 0.5) is 0 Å². The Morgan fingerprint density at radius 3 is 2.74 bits per heavy atom. The van der Waals surface area contributed by atoms with Crippen LogP contribution in [-0.4, -0.2) is 14.4 Å². The molecule has 0 unspecified atom stereocenters. The summed E-state index contributed by atoms with van der Waals surface area (Å²) in [5.41, 5.74) is 4.77. The highest BCUT2D eigenvalue weighted by molar-refractivity contribution is 5.66. The minimum Gasteiger partial charge on any atom is -0.302 e. The maximum Gasteiger partial charge on any atom is 0.137 e. The molecule has 0 aliphatic carbocycles. The highest BCUT2D eigenvalue weighted by atomic mass is 15.0.